The molecule has 0 radical (unpaired) electrons. The van der Waals surface area contributed by atoms with Gasteiger partial charge in [0, 0.05) is 18.2 Å². The zero-order valence-corrected chi connectivity index (χ0v) is 5.26. The number of carboxylic acids is 1. The lowest BCUT2D eigenvalue weighted by molar-refractivity contribution is -0.131. The lowest BCUT2D eigenvalue weighted by Crippen LogP contribution is -2.12. The molecule has 4 nitrogen and oxygen atoms in total. The van der Waals surface area contributed by atoms with E-state index in [-0.39, 0.29) is 5.91 Å². The van der Waals surface area contributed by atoms with Gasteiger partial charge in [-0.15, -0.1) is 0 Å². The minimum absolute atomic E-state index is 0.104. The largest absolute Gasteiger partial charge is 0.478 e. The van der Waals surface area contributed by atoms with Crippen LogP contribution in [0.2, 0.25) is 0 Å². The molecule has 1 amide bonds. The summed E-state index contributed by atoms with van der Waals surface area (Å²) in [4.78, 5) is 20.5. The van der Waals surface area contributed by atoms with Crippen LogP contribution in [0.15, 0.2) is 11.8 Å². The molecule has 0 aromatic rings. The van der Waals surface area contributed by atoms with E-state index in [1.165, 1.54) is 0 Å². The van der Waals surface area contributed by atoms with Crippen LogP contribution in [-0.2, 0) is 9.59 Å². The second kappa shape index (κ2) is 2.51. The van der Waals surface area contributed by atoms with E-state index in [0.29, 0.717) is 18.5 Å². The van der Waals surface area contributed by atoms with Crippen molar-refractivity contribution >= 4 is 11.9 Å². The number of rotatable bonds is 1. The normalized spacial score (nSPS) is 21.2. The minimum Gasteiger partial charge on any atom is -0.478 e. The molecule has 1 aliphatic heterocycles. The van der Waals surface area contributed by atoms with Gasteiger partial charge >= 0.3 is 5.97 Å². The molecule has 10 heavy (non-hydrogen) atoms. The van der Waals surface area contributed by atoms with Crippen LogP contribution in [0.1, 0.15) is 12.8 Å². The summed E-state index contributed by atoms with van der Waals surface area (Å²) in [5, 5.41) is 10.7. The molecule has 1 heterocycles. The predicted molar refractivity (Wildman–Crippen MR) is 33.1 cm³/mol. The molecular formula is C6H7NO3. The van der Waals surface area contributed by atoms with Gasteiger partial charge in [0.15, 0.2) is 0 Å². The first-order valence-electron chi connectivity index (χ1n) is 2.92. The molecular weight excluding hydrogens is 134 g/mol. The number of carbonyl (C=O) groups is 2. The van der Waals surface area contributed by atoms with Crippen LogP contribution in [0.25, 0.3) is 0 Å². The summed E-state index contributed by atoms with van der Waals surface area (Å²) in [6, 6.07) is 0. The fraction of sp³-hybridized carbons (Fsp3) is 0.333. The zero-order chi connectivity index (χ0) is 7.56. The van der Waals surface area contributed by atoms with Gasteiger partial charge in [0.05, 0.1) is 0 Å². The van der Waals surface area contributed by atoms with E-state index in [0.717, 1.165) is 6.08 Å². The third kappa shape index (κ3) is 1.58. The van der Waals surface area contributed by atoms with E-state index in [9.17, 15) is 9.59 Å². The van der Waals surface area contributed by atoms with Crippen LogP contribution in [0.5, 0.6) is 0 Å². The predicted octanol–water partition coefficient (Wildman–Crippen LogP) is -0.135. The molecule has 54 valence electrons. The third-order valence-corrected chi connectivity index (χ3v) is 1.22. The lowest BCUT2D eigenvalue weighted by Gasteiger charge is -1.91. The smallest absolute Gasteiger partial charge is 0.330 e. The van der Waals surface area contributed by atoms with Gasteiger partial charge in [0.1, 0.15) is 0 Å². The van der Waals surface area contributed by atoms with Crippen molar-refractivity contribution in [3.63, 3.8) is 0 Å². The maximum atomic E-state index is 10.5. The van der Waals surface area contributed by atoms with Gasteiger partial charge in [-0.3, -0.25) is 4.79 Å². The quantitative estimate of drug-likeness (QED) is 0.499. The summed E-state index contributed by atoms with van der Waals surface area (Å²) in [6.45, 7) is 0. The fourth-order valence-corrected chi connectivity index (χ4v) is 0.810. The standard InChI is InChI=1S/C6H7NO3/c8-5-2-1-4(7-5)3-6(9)10/h3H,1-2H2,(H,7,8)(H,9,10). The highest BCUT2D eigenvalue weighted by molar-refractivity contribution is 5.86. The maximum Gasteiger partial charge on any atom is 0.330 e. The lowest BCUT2D eigenvalue weighted by atomic mass is 10.3. The Balaban J connectivity index is 2.59. The molecule has 0 aromatic carbocycles. The van der Waals surface area contributed by atoms with Gasteiger partial charge in [-0.1, -0.05) is 0 Å². The number of nitrogens with one attached hydrogen (secondary N) is 1. The van der Waals surface area contributed by atoms with Crippen molar-refractivity contribution in [2.45, 2.75) is 12.8 Å². The van der Waals surface area contributed by atoms with Gasteiger partial charge in [0.2, 0.25) is 5.91 Å². The van der Waals surface area contributed by atoms with Crippen LogP contribution < -0.4 is 5.32 Å². The molecule has 1 saturated heterocycles. The third-order valence-electron chi connectivity index (χ3n) is 1.22. The molecule has 0 unspecified atom stereocenters. The molecule has 1 fully saturated rings. The van der Waals surface area contributed by atoms with Gasteiger partial charge in [-0.2, -0.15) is 0 Å². The summed E-state index contributed by atoms with van der Waals surface area (Å²) in [6.07, 6.45) is 1.94. The highest BCUT2D eigenvalue weighted by Crippen LogP contribution is 2.08. The van der Waals surface area contributed by atoms with Crippen molar-refractivity contribution in [2.75, 3.05) is 0 Å². The summed E-state index contributed by atoms with van der Waals surface area (Å²) in [7, 11) is 0. The zero-order valence-electron chi connectivity index (χ0n) is 5.26. The second-order valence-corrected chi connectivity index (χ2v) is 2.06. The molecule has 0 aliphatic carbocycles. The molecule has 1 aliphatic rings. The Kier molecular flexibility index (Phi) is 1.71. The highest BCUT2D eigenvalue weighted by Gasteiger charge is 2.14. The van der Waals surface area contributed by atoms with Crippen molar-refractivity contribution in [2.24, 2.45) is 0 Å². The topological polar surface area (TPSA) is 66.4 Å². The molecule has 1 rings (SSSR count). The molecule has 0 bridgehead atoms. The van der Waals surface area contributed by atoms with Crippen molar-refractivity contribution < 1.29 is 14.7 Å². The van der Waals surface area contributed by atoms with Crippen molar-refractivity contribution in [1.82, 2.24) is 5.32 Å². The van der Waals surface area contributed by atoms with Crippen molar-refractivity contribution in [3.05, 3.63) is 11.8 Å². The second-order valence-electron chi connectivity index (χ2n) is 2.06. The molecule has 2 N–H and O–H groups in total. The van der Waals surface area contributed by atoms with Crippen LogP contribution in [0.4, 0.5) is 0 Å². The first-order valence-corrected chi connectivity index (χ1v) is 2.92. The number of hydrogen-bond acceptors (Lipinski definition) is 2. The molecule has 4 heteroatoms. The Morgan fingerprint density at radius 2 is 2.30 bits per heavy atom. The number of carboxylic acid groups (broad SMARTS) is 1. The fourth-order valence-electron chi connectivity index (χ4n) is 0.810. The Hall–Kier alpha value is -1.32. The number of aliphatic carboxylic acids is 1. The number of carbonyl (C=O) groups excluding carboxylic acids is 1. The maximum absolute atomic E-state index is 10.5. The molecule has 0 aromatic heterocycles. The van der Waals surface area contributed by atoms with E-state index in [1.807, 2.05) is 0 Å². The summed E-state index contributed by atoms with van der Waals surface area (Å²) in [5.74, 6) is -1.12. The Labute approximate surface area is 57.5 Å². The number of hydrogen-bond donors (Lipinski definition) is 2. The van der Waals surface area contributed by atoms with Crippen LogP contribution in [0, 0.1) is 0 Å². The first kappa shape index (κ1) is 6.80. The number of allylic oxidation sites excluding steroid dienone is 1. The van der Waals surface area contributed by atoms with Crippen LogP contribution in [0.3, 0.4) is 0 Å². The Morgan fingerprint density at radius 3 is 2.70 bits per heavy atom. The SMILES string of the molecule is O=C(O)C=C1CCC(=O)N1. The molecule has 0 atom stereocenters. The first-order chi connectivity index (χ1) is 4.68. The van der Waals surface area contributed by atoms with Crippen molar-refractivity contribution in [3.8, 4) is 0 Å². The van der Waals surface area contributed by atoms with E-state index in [2.05, 4.69) is 5.32 Å². The number of amides is 1. The van der Waals surface area contributed by atoms with Gasteiger partial charge in [0.25, 0.3) is 0 Å². The summed E-state index contributed by atoms with van der Waals surface area (Å²) >= 11 is 0. The van der Waals surface area contributed by atoms with E-state index >= 15 is 0 Å². The average molecular weight is 141 g/mol. The summed E-state index contributed by atoms with van der Waals surface area (Å²) in [5.41, 5.74) is 0.498. The monoisotopic (exact) mass is 141 g/mol. The Bertz CT molecular complexity index is 207. The molecule has 0 spiro atoms. The van der Waals surface area contributed by atoms with Gasteiger partial charge in [-0.05, 0) is 6.42 Å². The van der Waals surface area contributed by atoms with E-state index in [1.54, 1.807) is 0 Å². The van der Waals surface area contributed by atoms with Gasteiger partial charge < -0.3 is 10.4 Å². The minimum atomic E-state index is -1.02. The van der Waals surface area contributed by atoms with E-state index in [4.69, 9.17) is 5.11 Å². The van der Waals surface area contributed by atoms with Crippen molar-refractivity contribution in [1.29, 1.82) is 0 Å². The van der Waals surface area contributed by atoms with Crippen LogP contribution in [-0.4, -0.2) is 17.0 Å². The molecule has 0 saturated carbocycles. The van der Waals surface area contributed by atoms with E-state index < -0.39 is 5.97 Å². The Morgan fingerprint density at radius 1 is 1.60 bits per heavy atom. The summed E-state index contributed by atoms with van der Waals surface area (Å²) < 4.78 is 0. The highest BCUT2D eigenvalue weighted by atomic mass is 16.4. The van der Waals surface area contributed by atoms with Gasteiger partial charge in [-0.25, -0.2) is 4.79 Å². The van der Waals surface area contributed by atoms with Crippen LogP contribution >= 0.6 is 0 Å². The average Bonchev–Trinajstić information content (AvgIpc) is 2.13.